The van der Waals surface area contributed by atoms with Crippen molar-refractivity contribution in [3.63, 3.8) is 0 Å². The molecule has 106 valence electrons. The summed E-state index contributed by atoms with van der Waals surface area (Å²) >= 11 is 0. The van der Waals surface area contributed by atoms with E-state index in [9.17, 15) is 15.0 Å². The summed E-state index contributed by atoms with van der Waals surface area (Å²) in [6.45, 7) is 0. The van der Waals surface area contributed by atoms with Crippen molar-refractivity contribution in [3.8, 4) is 0 Å². The number of hydrogen-bond donors (Lipinski definition) is 3. The van der Waals surface area contributed by atoms with Gasteiger partial charge in [0.2, 0.25) is 5.60 Å². The van der Waals surface area contributed by atoms with Crippen LogP contribution in [0.25, 0.3) is 0 Å². The minimum Gasteiger partial charge on any atom is -0.382 e. The second kappa shape index (κ2) is 5.12. The van der Waals surface area contributed by atoms with Crippen molar-refractivity contribution in [2.24, 2.45) is 5.10 Å². The number of hydrogen-bond acceptors (Lipinski definition) is 4. The lowest BCUT2D eigenvalue weighted by atomic mass is 9.84. The fraction of sp³-hybridized carbons (Fsp3) is 0.125. The van der Waals surface area contributed by atoms with Crippen molar-refractivity contribution in [1.29, 1.82) is 0 Å². The van der Waals surface area contributed by atoms with E-state index in [4.69, 9.17) is 0 Å². The van der Waals surface area contributed by atoms with E-state index in [0.29, 0.717) is 11.1 Å². The van der Waals surface area contributed by atoms with Crippen LogP contribution in [-0.4, -0.2) is 21.8 Å². The highest BCUT2D eigenvalue weighted by molar-refractivity contribution is 6.17. The molecule has 0 saturated carbocycles. The third kappa shape index (κ3) is 2.12. The molecule has 1 amide bonds. The fourth-order valence-electron chi connectivity index (χ4n) is 2.40. The first-order valence-corrected chi connectivity index (χ1v) is 6.53. The lowest BCUT2D eigenvalue weighted by Crippen LogP contribution is -2.44. The highest BCUT2D eigenvalue weighted by Crippen LogP contribution is 2.32. The standard InChI is InChI=1S/C16H14N2O3/c19-13(11-7-3-1-4-8-11)14-16(21,15(20)18-17-14)12-9-5-2-6-10-12/h1-10,13,19,21H,(H,18,20)/t13-,16+/m1/s1. The van der Waals surface area contributed by atoms with E-state index in [2.05, 4.69) is 10.5 Å². The summed E-state index contributed by atoms with van der Waals surface area (Å²) in [5.74, 6) is -0.668. The summed E-state index contributed by atoms with van der Waals surface area (Å²) in [7, 11) is 0. The number of amides is 1. The third-order valence-corrected chi connectivity index (χ3v) is 3.54. The normalized spacial score (nSPS) is 22.6. The van der Waals surface area contributed by atoms with Crippen molar-refractivity contribution in [1.82, 2.24) is 5.43 Å². The molecule has 0 spiro atoms. The molecule has 1 aliphatic rings. The minimum atomic E-state index is -1.96. The Hall–Kier alpha value is -2.50. The van der Waals surface area contributed by atoms with Gasteiger partial charge < -0.3 is 10.2 Å². The van der Waals surface area contributed by atoms with Crippen LogP contribution in [0.1, 0.15) is 17.2 Å². The summed E-state index contributed by atoms with van der Waals surface area (Å²) < 4.78 is 0. The number of aliphatic hydroxyl groups is 2. The van der Waals surface area contributed by atoms with Crippen LogP contribution in [0.4, 0.5) is 0 Å². The van der Waals surface area contributed by atoms with Gasteiger partial charge in [0.05, 0.1) is 0 Å². The van der Waals surface area contributed by atoms with Gasteiger partial charge >= 0.3 is 0 Å². The average molecular weight is 282 g/mol. The first kappa shape index (κ1) is 13.5. The zero-order valence-corrected chi connectivity index (χ0v) is 11.1. The summed E-state index contributed by atoms with van der Waals surface area (Å²) in [5.41, 5.74) is 1.19. The van der Waals surface area contributed by atoms with Crippen molar-refractivity contribution in [2.45, 2.75) is 11.7 Å². The number of benzene rings is 2. The van der Waals surface area contributed by atoms with Crippen molar-refractivity contribution < 1.29 is 15.0 Å². The molecule has 0 aromatic heterocycles. The molecule has 0 radical (unpaired) electrons. The lowest BCUT2D eigenvalue weighted by Gasteiger charge is -2.25. The molecule has 0 aliphatic carbocycles. The number of aliphatic hydroxyl groups excluding tert-OH is 1. The molecule has 21 heavy (non-hydrogen) atoms. The number of rotatable bonds is 3. The van der Waals surface area contributed by atoms with Gasteiger partial charge in [0.15, 0.2) is 0 Å². The Labute approximate surface area is 121 Å². The number of carbonyl (C=O) groups is 1. The molecular weight excluding hydrogens is 268 g/mol. The molecule has 1 aliphatic heterocycles. The molecule has 2 atom stereocenters. The molecule has 3 rings (SSSR count). The van der Waals surface area contributed by atoms with E-state index in [-0.39, 0.29) is 5.71 Å². The highest BCUT2D eigenvalue weighted by atomic mass is 16.3. The van der Waals surface area contributed by atoms with E-state index < -0.39 is 17.6 Å². The van der Waals surface area contributed by atoms with Crippen molar-refractivity contribution >= 4 is 11.6 Å². The first-order chi connectivity index (χ1) is 10.1. The molecule has 2 aromatic carbocycles. The van der Waals surface area contributed by atoms with Gasteiger partial charge in [0, 0.05) is 0 Å². The Bertz CT molecular complexity index is 685. The third-order valence-electron chi connectivity index (χ3n) is 3.54. The second-order valence-corrected chi connectivity index (χ2v) is 4.83. The van der Waals surface area contributed by atoms with Crippen LogP contribution < -0.4 is 5.43 Å². The van der Waals surface area contributed by atoms with Gasteiger partial charge in [-0.15, -0.1) is 0 Å². The van der Waals surface area contributed by atoms with Gasteiger partial charge in [-0.05, 0) is 11.1 Å². The van der Waals surface area contributed by atoms with E-state index in [1.54, 1.807) is 54.6 Å². The van der Waals surface area contributed by atoms with Crippen LogP contribution in [0.2, 0.25) is 0 Å². The lowest BCUT2D eigenvalue weighted by molar-refractivity contribution is -0.132. The monoisotopic (exact) mass is 282 g/mol. The first-order valence-electron chi connectivity index (χ1n) is 6.53. The summed E-state index contributed by atoms with van der Waals surface area (Å²) in [6, 6.07) is 17.2. The Morgan fingerprint density at radius 2 is 1.57 bits per heavy atom. The molecule has 0 unspecified atom stereocenters. The van der Waals surface area contributed by atoms with Crippen molar-refractivity contribution in [2.75, 3.05) is 0 Å². The highest BCUT2D eigenvalue weighted by Gasteiger charge is 2.50. The predicted octanol–water partition coefficient (Wildman–Crippen LogP) is 1.09. The quantitative estimate of drug-likeness (QED) is 0.788. The smallest absolute Gasteiger partial charge is 0.282 e. The number of nitrogens with zero attached hydrogens (tertiary/aromatic N) is 1. The second-order valence-electron chi connectivity index (χ2n) is 4.83. The minimum absolute atomic E-state index is 0.0232. The average Bonchev–Trinajstić information content (AvgIpc) is 2.85. The Kier molecular flexibility index (Phi) is 3.29. The molecule has 3 N–H and O–H groups in total. The number of nitrogens with one attached hydrogen (secondary N) is 1. The van der Waals surface area contributed by atoms with Crippen molar-refractivity contribution in [3.05, 3.63) is 71.8 Å². The summed E-state index contributed by atoms with van der Waals surface area (Å²) in [5, 5.41) is 25.1. The van der Waals surface area contributed by atoms with Gasteiger partial charge in [-0.3, -0.25) is 4.79 Å². The van der Waals surface area contributed by atoms with Crippen LogP contribution in [0.3, 0.4) is 0 Å². The zero-order valence-electron chi connectivity index (χ0n) is 11.1. The van der Waals surface area contributed by atoms with Gasteiger partial charge in [0.1, 0.15) is 11.8 Å². The van der Waals surface area contributed by atoms with Crippen LogP contribution >= 0.6 is 0 Å². The summed E-state index contributed by atoms with van der Waals surface area (Å²) in [6.07, 6.45) is -1.17. The Morgan fingerprint density at radius 1 is 1.00 bits per heavy atom. The molecule has 0 fully saturated rings. The van der Waals surface area contributed by atoms with Gasteiger partial charge in [-0.25, -0.2) is 5.43 Å². The Balaban J connectivity index is 2.04. The molecular formula is C16H14N2O3. The zero-order chi connectivity index (χ0) is 14.9. The molecule has 1 heterocycles. The molecule has 0 saturated heterocycles. The SMILES string of the molecule is O=C1NN=C([C@H](O)c2ccccc2)[C@@]1(O)c1ccccc1. The van der Waals surface area contributed by atoms with E-state index in [0.717, 1.165) is 0 Å². The molecule has 2 aromatic rings. The largest absolute Gasteiger partial charge is 0.382 e. The molecule has 5 nitrogen and oxygen atoms in total. The maximum Gasteiger partial charge on any atom is 0.282 e. The van der Waals surface area contributed by atoms with Gasteiger partial charge in [-0.2, -0.15) is 5.10 Å². The van der Waals surface area contributed by atoms with Gasteiger partial charge in [-0.1, -0.05) is 60.7 Å². The van der Waals surface area contributed by atoms with Crippen LogP contribution in [-0.2, 0) is 10.4 Å². The van der Waals surface area contributed by atoms with Gasteiger partial charge in [0.25, 0.3) is 5.91 Å². The van der Waals surface area contributed by atoms with Crippen LogP contribution in [0, 0.1) is 0 Å². The Morgan fingerprint density at radius 3 is 2.19 bits per heavy atom. The fourth-order valence-corrected chi connectivity index (χ4v) is 2.40. The molecule has 0 bridgehead atoms. The molecule has 5 heteroatoms. The predicted molar refractivity (Wildman–Crippen MR) is 77.3 cm³/mol. The van der Waals surface area contributed by atoms with E-state index in [1.165, 1.54) is 0 Å². The topological polar surface area (TPSA) is 81.9 Å². The summed E-state index contributed by atoms with van der Waals surface area (Å²) in [4.78, 5) is 12.1. The van der Waals surface area contributed by atoms with Crippen LogP contribution in [0.15, 0.2) is 65.8 Å². The van der Waals surface area contributed by atoms with E-state index in [1.807, 2.05) is 6.07 Å². The number of hydrazone groups is 1. The number of carbonyl (C=O) groups excluding carboxylic acids is 1. The maximum absolute atomic E-state index is 12.1. The van der Waals surface area contributed by atoms with E-state index >= 15 is 0 Å². The maximum atomic E-state index is 12.1. The van der Waals surface area contributed by atoms with Crippen LogP contribution in [0.5, 0.6) is 0 Å².